The van der Waals surface area contributed by atoms with Gasteiger partial charge in [-0.3, -0.25) is 14.4 Å². The van der Waals surface area contributed by atoms with E-state index in [4.69, 9.17) is 0 Å². The van der Waals surface area contributed by atoms with Crippen molar-refractivity contribution >= 4 is 45.0 Å². The molecular weight excluding hydrogens is 260 g/mol. The van der Waals surface area contributed by atoms with Gasteiger partial charge in [0.2, 0.25) is 5.91 Å². The molecule has 0 saturated carbocycles. The molecule has 1 rings (SSSR count). The number of hydrogen-bond donors (Lipinski definition) is 1. The zero-order valence-corrected chi connectivity index (χ0v) is 11.3. The van der Waals surface area contributed by atoms with Gasteiger partial charge in [-0.15, -0.1) is 0 Å². The Balaban J connectivity index is 2.63. The summed E-state index contributed by atoms with van der Waals surface area (Å²) < 4.78 is 0. The first-order valence-electron chi connectivity index (χ1n) is 4.81. The number of anilines is 1. The molecular formula is C10H12N2O3S2. The van der Waals surface area contributed by atoms with Gasteiger partial charge in [0.25, 0.3) is 0 Å². The van der Waals surface area contributed by atoms with Gasteiger partial charge in [0.05, 0.1) is 16.3 Å². The number of rotatable bonds is 4. The van der Waals surface area contributed by atoms with Crippen LogP contribution in [-0.2, 0) is 9.59 Å². The number of carbonyl (C=O) groups is 3. The minimum Gasteiger partial charge on any atom is -0.301 e. The molecule has 0 atom stereocenters. The highest BCUT2D eigenvalue weighted by Gasteiger charge is 2.13. The van der Waals surface area contributed by atoms with E-state index in [1.165, 1.54) is 13.8 Å². The Hall–Kier alpha value is -1.21. The maximum Gasteiger partial charge on any atom is 0.236 e. The van der Waals surface area contributed by atoms with Crippen LogP contribution in [0.25, 0.3) is 0 Å². The monoisotopic (exact) mass is 272 g/mol. The number of thioether (sulfide) groups is 1. The average Bonchev–Trinajstić information content (AvgIpc) is 2.56. The summed E-state index contributed by atoms with van der Waals surface area (Å²) in [5, 5.41) is 2.84. The minimum absolute atomic E-state index is 0.0589. The molecule has 0 bridgehead atoms. The third-order valence-electron chi connectivity index (χ3n) is 1.77. The summed E-state index contributed by atoms with van der Waals surface area (Å²) in [6, 6.07) is 0. The van der Waals surface area contributed by atoms with Gasteiger partial charge in [0.1, 0.15) is 0 Å². The molecule has 5 nitrogen and oxygen atoms in total. The number of hydrogen-bond acceptors (Lipinski definition) is 6. The second-order valence-corrected chi connectivity index (χ2v) is 5.47. The number of carbonyl (C=O) groups excluding carboxylic acids is 3. The van der Waals surface area contributed by atoms with Gasteiger partial charge in [0.15, 0.2) is 16.0 Å². The maximum absolute atomic E-state index is 11.4. The van der Waals surface area contributed by atoms with Crippen LogP contribution in [0.4, 0.5) is 5.13 Å². The van der Waals surface area contributed by atoms with Gasteiger partial charge in [-0.2, -0.15) is 0 Å². The summed E-state index contributed by atoms with van der Waals surface area (Å²) in [4.78, 5) is 37.9. The molecule has 17 heavy (non-hydrogen) atoms. The smallest absolute Gasteiger partial charge is 0.236 e. The Morgan fingerprint density at radius 1 is 1.35 bits per heavy atom. The van der Waals surface area contributed by atoms with Crippen LogP contribution in [0.5, 0.6) is 0 Å². The van der Waals surface area contributed by atoms with E-state index in [2.05, 4.69) is 10.3 Å². The number of amides is 1. The molecule has 1 heterocycles. The fourth-order valence-electron chi connectivity index (χ4n) is 1.10. The SMILES string of the molecule is CC(=O)SCC(=O)Nc1nc(C)c(C(C)=O)s1. The van der Waals surface area contributed by atoms with Gasteiger partial charge < -0.3 is 5.32 Å². The number of thiazole rings is 1. The summed E-state index contributed by atoms with van der Waals surface area (Å²) in [7, 11) is 0. The highest BCUT2D eigenvalue weighted by atomic mass is 32.2. The van der Waals surface area contributed by atoms with Crippen LogP contribution in [0, 0.1) is 6.92 Å². The lowest BCUT2D eigenvalue weighted by molar-refractivity contribution is -0.114. The van der Waals surface area contributed by atoms with Gasteiger partial charge in [0, 0.05) is 13.8 Å². The molecule has 0 radical (unpaired) electrons. The lowest BCUT2D eigenvalue weighted by Gasteiger charge is -1.98. The van der Waals surface area contributed by atoms with E-state index in [0.717, 1.165) is 23.1 Å². The number of Topliss-reactive ketones (excluding diaryl/α,β-unsaturated/α-hetero) is 1. The molecule has 0 aliphatic heterocycles. The number of nitrogens with one attached hydrogen (secondary N) is 1. The third-order valence-corrected chi connectivity index (χ3v) is 3.76. The van der Waals surface area contributed by atoms with Crippen molar-refractivity contribution in [3.8, 4) is 0 Å². The Kier molecular flexibility index (Phi) is 4.83. The van der Waals surface area contributed by atoms with Crippen LogP contribution >= 0.6 is 23.1 Å². The molecule has 0 aromatic carbocycles. The highest BCUT2D eigenvalue weighted by Crippen LogP contribution is 2.22. The van der Waals surface area contributed by atoms with Gasteiger partial charge in [-0.05, 0) is 6.92 Å². The zero-order chi connectivity index (χ0) is 13.0. The number of aromatic nitrogens is 1. The van der Waals surface area contributed by atoms with Crippen LogP contribution < -0.4 is 5.32 Å². The Morgan fingerprint density at radius 2 is 2.00 bits per heavy atom. The zero-order valence-electron chi connectivity index (χ0n) is 9.70. The maximum atomic E-state index is 11.4. The third kappa shape index (κ3) is 4.27. The Morgan fingerprint density at radius 3 is 2.47 bits per heavy atom. The molecule has 0 spiro atoms. The number of nitrogens with zero attached hydrogens (tertiary/aromatic N) is 1. The lowest BCUT2D eigenvalue weighted by Crippen LogP contribution is -2.14. The Bertz CT molecular complexity index is 468. The van der Waals surface area contributed by atoms with E-state index in [-0.39, 0.29) is 22.6 Å². The molecule has 0 aliphatic rings. The minimum atomic E-state index is -0.297. The standard InChI is InChI=1S/C10H12N2O3S2/c1-5-9(6(2)13)17-10(11-5)12-8(15)4-16-7(3)14/h4H2,1-3H3,(H,11,12,15). The summed E-state index contributed by atoms with van der Waals surface area (Å²) in [5.41, 5.74) is 0.608. The molecule has 7 heteroatoms. The van der Waals surface area contributed by atoms with E-state index in [9.17, 15) is 14.4 Å². The first-order valence-corrected chi connectivity index (χ1v) is 6.62. The average molecular weight is 272 g/mol. The van der Waals surface area contributed by atoms with Crippen molar-refractivity contribution in [3.63, 3.8) is 0 Å². The second-order valence-electron chi connectivity index (χ2n) is 3.32. The van der Waals surface area contributed by atoms with E-state index in [1.54, 1.807) is 6.92 Å². The van der Waals surface area contributed by atoms with Crippen LogP contribution in [0.2, 0.25) is 0 Å². The van der Waals surface area contributed by atoms with Gasteiger partial charge in [-0.25, -0.2) is 4.98 Å². The van der Waals surface area contributed by atoms with Crippen molar-refractivity contribution < 1.29 is 14.4 Å². The van der Waals surface area contributed by atoms with Crippen molar-refractivity contribution in [2.45, 2.75) is 20.8 Å². The molecule has 0 saturated heterocycles. The summed E-state index contributed by atoms with van der Waals surface area (Å²) in [5.74, 6) is -0.309. The molecule has 1 amide bonds. The first-order chi connectivity index (χ1) is 7.90. The predicted octanol–water partition coefficient (Wildman–Crippen LogP) is 1.87. The van der Waals surface area contributed by atoms with Crippen molar-refractivity contribution in [2.24, 2.45) is 0 Å². The normalized spacial score (nSPS) is 10.1. The molecule has 0 unspecified atom stereocenters. The van der Waals surface area contributed by atoms with Crippen LogP contribution in [0.1, 0.15) is 29.2 Å². The van der Waals surface area contributed by atoms with Gasteiger partial charge >= 0.3 is 0 Å². The first kappa shape index (κ1) is 13.9. The Labute approximate surface area is 107 Å². The second kappa shape index (κ2) is 5.92. The fraction of sp³-hybridized carbons (Fsp3) is 0.400. The van der Waals surface area contributed by atoms with Gasteiger partial charge in [-0.1, -0.05) is 23.1 Å². The van der Waals surface area contributed by atoms with Crippen LogP contribution in [0.3, 0.4) is 0 Å². The summed E-state index contributed by atoms with van der Waals surface area (Å²) >= 11 is 2.08. The van der Waals surface area contributed by atoms with Crippen LogP contribution in [0.15, 0.2) is 0 Å². The van der Waals surface area contributed by atoms with Crippen molar-refractivity contribution in [1.82, 2.24) is 4.98 Å². The van der Waals surface area contributed by atoms with Crippen molar-refractivity contribution in [1.29, 1.82) is 0 Å². The summed E-state index contributed by atoms with van der Waals surface area (Å²) in [6.07, 6.45) is 0. The largest absolute Gasteiger partial charge is 0.301 e. The quantitative estimate of drug-likeness (QED) is 0.847. The number of aryl methyl sites for hydroxylation is 1. The van der Waals surface area contributed by atoms with E-state index >= 15 is 0 Å². The topological polar surface area (TPSA) is 76.1 Å². The summed E-state index contributed by atoms with van der Waals surface area (Å²) in [6.45, 7) is 4.57. The molecule has 0 fully saturated rings. The number of ketones is 1. The fourth-order valence-corrected chi connectivity index (χ4v) is 2.38. The van der Waals surface area contributed by atoms with E-state index < -0.39 is 0 Å². The van der Waals surface area contributed by atoms with Crippen molar-refractivity contribution in [3.05, 3.63) is 10.6 Å². The van der Waals surface area contributed by atoms with E-state index in [0.29, 0.717) is 15.7 Å². The van der Waals surface area contributed by atoms with E-state index in [1.807, 2.05) is 0 Å². The molecule has 92 valence electrons. The van der Waals surface area contributed by atoms with Crippen molar-refractivity contribution in [2.75, 3.05) is 11.1 Å². The van der Waals surface area contributed by atoms with Crippen LogP contribution in [-0.4, -0.2) is 27.5 Å². The highest BCUT2D eigenvalue weighted by molar-refractivity contribution is 8.14. The predicted molar refractivity (Wildman–Crippen MR) is 68.6 cm³/mol. The molecule has 1 N–H and O–H groups in total. The molecule has 0 aliphatic carbocycles. The lowest BCUT2D eigenvalue weighted by atomic mass is 10.3. The molecule has 1 aromatic heterocycles. The molecule has 1 aromatic rings.